The van der Waals surface area contributed by atoms with Crippen molar-refractivity contribution in [1.29, 1.82) is 0 Å². The van der Waals surface area contributed by atoms with Crippen LogP contribution >= 0.6 is 11.6 Å². The van der Waals surface area contributed by atoms with Crippen molar-refractivity contribution in [3.63, 3.8) is 0 Å². The van der Waals surface area contributed by atoms with E-state index < -0.39 is 0 Å². The third-order valence-corrected chi connectivity index (χ3v) is 4.89. The van der Waals surface area contributed by atoms with Gasteiger partial charge in [0.2, 0.25) is 5.91 Å². The quantitative estimate of drug-likeness (QED) is 0.169. The van der Waals surface area contributed by atoms with E-state index in [-0.39, 0.29) is 5.91 Å². The van der Waals surface area contributed by atoms with Gasteiger partial charge in [0.25, 0.3) is 0 Å². The average molecular weight is 405 g/mol. The molecule has 156 valence electrons. The van der Waals surface area contributed by atoms with Gasteiger partial charge in [-0.2, -0.15) is 0 Å². The van der Waals surface area contributed by atoms with Gasteiger partial charge in [-0.1, -0.05) is 87.1 Å². The molecule has 0 saturated carbocycles. The van der Waals surface area contributed by atoms with E-state index >= 15 is 0 Å². The summed E-state index contributed by atoms with van der Waals surface area (Å²) in [6.45, 7) is 2.24. The van der Waals surface area contributed by atoms with Crippen LogP contribution in [0, 0.1) is 0 Å². The Hall–Kier alpha value is -1.74. The number of benzene rings is 1. The number of hydrogen-bond donors (Lipinski definition) is 2. The van der Waals surface area contributed by atoms with Gasteiger partial charge in [-0.15, -0.1) is 0 Å². The van der Waals surface area contributed by atoms with Crippen molar-refractivity contribution in [3.05, 3.63) is 53.6 Å². The van der Waals surface area contributed by atoms with Crippen molar-refractivity contribution in [1.82, 2.24) is 5.43 Å². The summed E-state index contributed by atoms with van der Waals surface area (Å²) in [6, 6.07) is 7.36. The molecule has 4 heteroatoms. The van der Waals surface area contributed by atoms with Gasteiger partial charge in [0, 0.05) is 6.42 Å². The number of hydrogen-bond acceptors (Lipinski definition) is 2. The van der Waals surface area contributed by atoms with Gasteiger partial charge in [-0.05, 0) is 50.7 Å². The molecule has 0 aliphatic heterocycles. The zero-order valence-electron chi connectivity index (χ0n) is 17.4. The summed E-state index contributed by atoms with van der Waals surface area (Å²) in [5.41, 5.74) is 6.29. The lowest BCUT2D eigenvalue weighted by atomic mass is 10.1. The van der Waals surface area contributed by atoms with Gasteiger partial charge in [0.15, 0.2) is 0 Å². The zero-order chi connectivity index (χ0) is 20.3. The molecule has 2 N–H and O–H groups in total. The molecule has 3 nitrogen and oxygen atoms in total. The molecule has 0 heterocycles. The van der Waals surface area contributed by atoms with Crippen LogP contribution in [0.2, 0.25) is 5.02 Å². The molecular weight excluding hydrogens is 368 g/mol. The number of anilines is 1. The number of carbonyl (C=O) groups excluding carboxylic acids is 1. The minimum atomic E-state index is 0.00519. The SMILES string of the molecule is CCCCCC=CCC=CCCCCCCCC(=O)NNc1ccccc1Cl. The summed E-state index contributed by atoms with van der Waals surface area (Å²) >= 11 is 6.03. The first kappa shape index (κ1) is 24.3. The molecule has 0 saturated heterocycles. The Morgan fingerprint density at radius 2 is 1.54 bits per heavy atom. The Kier molecular flexibility index (Phi) is 15.1. The van der Waals surface area contributed by atoms with Gasteiger partial charge in [0.1, 0.15) is 0 Å². The first-order valence-corrected chi connectivity index (χ1v) is 11.2. The second-order valence-electron chi connectivity index (χ2n) is 7.13. The number of hydrazine groups is 1. The van der Waals surface area contributed by atoms with Crippen LogP contribution in [-0.2, 0) is 4.79 Å². The van der Waals surface area contributed by atoms with Crippen LogP contribution in [0.3, 0.4) is 0 Å². The second-order valence-corrected chi connectivity index (χ2v) is 7.54. The number of rotatable bonds is 16. The van der Waals surface area contributed by atoms with E-state index in [2.05, 4.69) is 42.1 Å². The lowest BCUT2D eigenvalue weighted by Gasteiger charge is -2.09. The zero-order valence-corrected chi connectivity index (χ0v) is 18.1. The molecule has 1 aromatic carbocycles. The molecule has 0 unspecified atom stereocenters. The number of nitrogens with one attached hydrogen (secondary N) is 2. The van der Waals surface area contributed by atoms with Crippen molar-refractivity contribution < 1.29 is 4.79 Å². The van der Waals surface area contributed by atoms with Crippen LogP contribution in [-0.4, -0.2) is 5.91 Å². The highest BCUT2D eigenvalue weighted by atomic mass is 35.5. The van der Waals surface area contributed by atoms with Crippen LogP contribution in [0.1, 0.15) is 84.0 Å². The first-order chi connectivity index (χ1) is 13.7. The standard InChI is InChI=1S/C24H37ClN2O/c1-2-3-4-5-6-7-8-9-10-11-12-13-14-15-16-21-24(28)27-26-23-20-18-17-19-22(23)25/h6-7,9-10,17-20,26H,2-5,8,11-16,21H2,1H3,(H,27,28). The van der Waals surface area contributed by atoms with Crippen molar-refractivity contribution in [3.8, 4) is 0 Å². The lowest BCUT2D eigenvalue weighted by molar-refractivity contribution is -0.120. The first-order valence-electron chi connectivity index (χ1n) is 10.8. The molecule has 0 aliphatic rings. The third-order valence-electron chi connectivity index (χ3n) is 4.56. The predicted molar refractivity (Wildman–Crippen MR) is 123 cm³/mol. The second kappa shape index (κ2) is 17.4. The maximum absolute atomic E-state index is 11.8. The minimum Gasteiger partial charge on any atom is -0.297 e. The molecule has 1 amide bonds. The Bertz CT molecular complexity index is 584. The van der Waals surface area contributed by atoms with Crippen LogP contribution in [0.4, 0.5) is 5.69 Å². The Balaban J connectivity index is 1.90. The van der Waals surface area contributed by atoms with E-state index in [9.17, 15) is 4.79 Å². The highest BCUT2D eigenvalue weighted by Gasteiger charge is 2.02. The number of unbranched alkanes of at least 4 members (excludes halogenated alkanes) is 8. The highest BCUT2D eigenvalue weighted by molar-refractivity contribution is 6.33. The molecule has 0 radical (unpaired) electrons. The molecule has 0 spiro atoms. The average Bonchev–Trinajstić information content (AvgIpc) is 2.70. The Labute approximate surface area is 176 Å². The largest absolute Gasteiger partial charge is 0.297 e. The highest BCUT2D eigenvalue weighted by Crippen LogP contribution is 2.19. The van der Waals surface area contributed by atoms with Gasteiger partial charge < -0.3 is 0 Å². The smallest absolute Gasteiger partial charge is 0.238 e. The van der Waals surface area contributed by atoms with Crippen molar-refractivity contribution in [2.45, 2.75) is 84.0 Å². The molecule has 0 bridgehead atoms. The fourth-order valence-electron chi connectivity index (χ4n) is 2.86. The number of amides is 1. The van der Waals surface area contributed by atoms with Crippen LogP contribution < -0.4 is 10.9 Å². The Morgan fingerprint density at radius 1 is 0.893 bits per heavy atom. The van der Waals surface area contributed by atoms with Crippen molar-refractivity contribution >= 4 is 23.2 Å². The summed E-state index contributed by atoms with van der Waals surface area (Å²) < 4.78 is 0. The molecule has 1 aromatic rings. The number of carbonyl (C=O) groups is 1. The van der Waals surface area contributed by atoms with E-state index in [4.69, 9.17) is 11.6 Å². The lowest BCUT2D eigenvalue weighted by Crippen LogP contribution is -2.29. The molecule has 0 aliphatic carbocycles. The maximum Gasteiger partial charge on any atom is 0.238 e. The van der Waals surface area contributed by atoms with Crippen LogP contribution in [0.5, 0.6) is 0 Å². The van der Waals surface area contributed by atoms with E-state index in [0.717, 1.165) is 31.4 Å². The Morgan fingerprint density at radius 3 is 2.25 bits per heavy atom. The van der Waals surface area contributed by atoms with Gasteiger partial charge >= 0.3 is 0 Å². The fraction of sp³-hybridized carbons (Fsp3) is 0.542. The summed E-state index contributed by atoms with van der Waals surface area (Å²) in [7, 11) is 0. The normalized spacial score (nSPS) is 11.4. The van der Waals surface area contributed by atoms with E-state index in [0.29, 0.717) is 11.4 Å². The van der Waals surface area contributed by atoms with E-state index in [1.807, 2.05) is 18.2 Å². The van der Waals surface area contributed by atoms with Crippen molar-refractivity contribution in [2.75, 3.05) is 5.43 Å². The van der Waals surface area contributed by atoms with Crippen molar-refractivity contribution in [2.24, 2.45) is 0 Å². The fourth-order valence-corrected chi connectivity index (χ4v) is 3.04. The minimum absolute atomic E-state index is 0.00519. The number of allylic oxidation sites excluding steroid dienone is 4. The molecule has 0 atom stereocenters. The molecule has 0 fully saturated rings. The summed E-state index contributed by atoms with van der Waals surface area (Å²) in [6.07, 6.45) is 22.8. The third kappa shape index (κ3) is 13.4. The van der Waals surface area contributed by atoms with E-state index in [1.165, 1.54) is 44.9 Å². The van der Waals surface area contributed by atoms with E-state index in [1.54, 1.807) is 6.07 Å². The maximum atomic E-state index is 11.8. The summed E-state index contributed by atoms with van der Waals surface area (Å²) in [4.78, 5) is 11.8. The van der Waals surface area contributed by atoms with Gasteiger partial charge in [-0.3, -0.25) is 15.6 Å². The van der Waals surface area contributed by atoms with Gasteiger partial charge in [0.05, 0.1) is 10.7 Å². The monoisotopic (exact) mass is 404 g/mol. The summed E-state index contributed by atoms with van der Waals surface area (Å²) in [5.74, 6) is 0.00519. The van der Waals surface area contributed by atoms with Gasteiger partial charge in [-0.25, -0.2) is 0 Å². The van der Waals surface area contributed by atoms with Crippen LogP contribution in [0.15, 0.2) is 48.6 Å². The number of para-hydroxylation sites is 1. The summed E-state index contributed by atoms with van der Waals surface area (Å²) in [5, 5.41) is 0.597. The molecular formula is C24H37ClN2O. The number of halogens is 1. The van der Waals surface area contributed by atoms with Crippen LogP contribution in [0.25, 0.3) is 0 Å². The topological polar surface area (TPSA) is 41.1 Å². The molecule has 28 heavy (non-hydrogen) atoms. The molecule has 0 aromatic heterocycles. The molecule has 1 rings (SSSR count). The predicted octanol–water partition coefficient (Wildman–Crippen LogP) is 7.60.